The van der Waals surface area contributed by atoms with Gasteiger partial charge in [-0.05, 0) is 25.1 Å². The third kappa shape index (κ3) is 5.57. The van der Waals surface area contributed by atoms with Crippen molar-refractivity contribution in [2.75, 3.05) is 6.54 Å². The van der Waals surface area contributed by atoms with Gasteiger partial charge in [0.1, 0.15) is 12.4 Å². The van der Waals surface area contributed by atoms with Crippen LogP contribution in [0.25, 0.3) is 0 Å². The largest absolute Gasteiger partial charge is 0.451 e. The van der Waals surface area contributed by atoms with Gasteiger partial charge in [-0.25, -0.2) is 9.18 Å². The molecule has 9 heteroatoms. The fraction of sp³-hybridized carbons (Fsp3) is 0.231. The van der Waals surface area contributed by atoms with Gasteiger partial charge in [0, 0.05) is 5.56 Å². The molecule has 4 amide bonds. The van der Waals surface area contributed by atoms with Crippen molar-refractivity contribution in [1.29, 1.82) is 0 Å². The average Bonchev–Trinajstić information content (AvgIpc) is 2.43. The summed E-state index contributed by atoms with van der Waals surface area (Å²) in [5.74, 6) is -3.06. The SMILES string of the molecule is C[C@H](OC(=O)CNC(=O)c1cccc(F)c1)C(=O)NC(N)=O. The number of hydrogen-bond acceptors (Lipinski definition) is 5. The Balaban J connectivity index is 2.44. The maximum atomic E-state index is 12.9. The zero-order chi connectivity index (χ0) is 16.7. The van der Waals surface area contributed by atoms with E-state index in [0.29, 0.717) is 0 Å². The van der Waals surface area contributed by atoms with Crippen molar-refractivity contribution in [3.8, 4) is 0 Å². The molecule has 0 radical (unpaired) electrons. The topological polar surface area (TPSA) is 128 Å². The number of halogens is 1. The standard InChI is InChI=1S/C13H14FN3O5/c1-7(11(19)17-13(15)21)22-10(18)6-16-12(20)8-3-2-4-9(14)5-8/h2-5,7H,6H2,1H3,(H,16,20)(H3,15,17,19,21)/t7-/m0/s1. The zero-order valence-corrected chi connectivity index (χ0v) is 11.6. The number of benzene rings is 1. The van der Waals surface area contributed by atoms with Crippen LogP contribution < -0.4 is 16.4 Å². The molecular weight excluding hydrogens is 297 g/mol. The van der Waals surface area contributed by atoms with Crippen molar-refractivity contribution >= 4 is 23.8 Å². The Morgan fingerprint density at radius 1 is 1.32 bits per heavy atom. The lowest BCUT2D eigenvalue weighted by molar-refractivity contribution is -0.153. The van der Waals surface area contributed by atoms with E-state index in [-0.39, 0.29) is 5.56 Å². The molecule has 0 aliphatic rings. The number of carbonyl (C=O) groups excluding carboxylic acids is 4. The minimum atomic E-state index is -1.26. The summed E-state index contributed by atoms with van der Waals surface area (Å²) in [4.78, 5) is 44.8. The minimum Gasteiger partial charge on any atom is -0.451 e. The fourth-order valence-corrected chi connectivity index (χ4v) is 1.40. The Morgan fingerprint density at radius 2 is 2.00 bits per heavy atom. The van der Waals surface area contributed by atoms with Crippen LogP contribution in [-0.2, 0) is 14.3 Å². The molecule has 0 aliphatic heterocycles. The van der Waals surface area contributed by atoms with Gasteiger partial charge in [-0.1, -0.05) is 6.07 Å². The first-order chi connectivity index (χ1) is 10.3. The van der Waals surface area contributed by atoms with Gasteiger partial charge in [0.25, 0.3) is 11.8 Å². The maximum Gasteiger partial charge on any atom is 0.326 e. The second-order valence-corrected chi connectivity index (χ2v) is 4.18. The van der Waals surface area contributed by atoms with E-state index in [2.05, 4.69) is 10.1 Å². The fourth-order valence-electron chi connectivity index (χ4n) is 1.40. The van der Waals surface area contributed by atoms with E-state index in [4.69, 9.17) is 5.73 Å². The number of primary amides is 1. The second-order valence-electron chi connectivity index (χ2n) is 4.18. The highest BCUT2D eigenvalue weighted by atomic mass is 19.1. The Kier molecular flexibility index (Phi) is 5.99. The molecule has 1 rings (SSSR count). The van der Waals surface area contributed by atoms with Gasteiger partial charge in [0.2, 0.25) is 0 Å². The van der Waals surface area contributed by atoms with Gasteiger partial charge in [-0.2, -0.15) is 0 Å². The number of amides is 4. The summed E-state index contributed by atoms with van der Waals surface area (Å²) in [7, 11) is 0. The van der Waals surface area contributed by atoms with Crippen molar-refractivity contribution in [3.05, 3.63) is 35.6 Å². The third-order valence-electron chi connectivity index (χ3n) is 2.40. The molecule has 118 valence electrons. The van der Waals surface area contributed by atoms with E-state index >= 15 is 0 Å². The Hall–Kier alpha value is -2.97. The number of esters is 1. The number of rotatable bonds is 5. The van der Waals surface area contributed by atoms with Crippen LogP contribution >= 0.6 is 0 Å². The van der Waals surface area contributed by atoms with Crippen LogP contribution in [0.2, 0.25) is 0 Å². The third-order valence-corrected chi connectivity index (χ3v) is 2.40. The van der Waals surface area contributed by atoms with E-state index in [1.807, 2.05) is 0 Å². The molecule has 1 aromatic carbocycles. The average molecular weight is 311 g/mol. The van der Waals surface area contributed by atoms with Crippen molar-refractivity contribution in [1.82, 2.24) is 10.6 Å². The number of nitrogens with two attached hydrogens (primary N) is 1. The van der Waals surface area contributed by atoms with Crippen molar-refractivity contribution in [2.45, 2.75) is 13.0 Å². The predicted octanol–water partition coefficient (Wildman–Crippen LogP) is -0.318. The summed E-state index contributed by atoms with van der Waals surface area (Å²) in [6.07, 6.45) is -1.26. The summed E-state index contributed by atoms with van der Waals surface area (Å²) >= 11 is 0. The molecule has 0 saturated heterocycles. The summed E-state index contributed by atoms with van der Waals surface area (Å²) in [6, 6.07) is 3.81. The van der Waals surface area contributed by atoms with Gasteiger partial charge in [-0.3, -0.25) is 19.7 Å². The molecule has 0 unspecified atom stereocenters. The van der Waals surface area contributed by atoms with Gasteiger partial charge >= 0.3 is 12.0 Å². The lowest BCUT2D eigenvalue weighted by Gasteiger charge is -2.12. The van der Waals surface area contributed by atoms with Gasteiger partial charge in [0.15, 0.2) is 6.10 Å². The van der Waals surface area contributed by atoms with Crippen LogP contribution in [0.1, 0.15) is 17.3 Å². The number of hydrogen-bond donors (Lipinski definition) is 3. The van der Waals surface area contributed by atoms with E-state index in [9.17, 15) is 23.6 Å². The van der Waals surface area contributed by atoms with E-state index < -0.39 is 42.3 Å². The molecule has 0 bridgehead atoms. The van der Waals surface area contributed by atoms with Gasteiger partial charge in [0.05, 0.1) is 0 Å². The lowest BCUT2D eigenvalue weighted by Crippen LogP contribution is -2.43. The normalized spacial score (nSPS) is 11.2. The van der Waals surface area contributed by atoms with Crippen LogP contribution in [-0.4, -0.2) is 36.5 Å². The van der Waals surface area contributed by atoms with Crippen LogP contribution in [0.3, 0.4) is 0 Å². The smallest absolute Gasteiger partial charge is 0.326 e. The first-order valence-corrected chi connectivity index (χ1v) is 6.13. The minimum absolute atomic E-state index is 0.0346. The summed E-state index contributed by atoms with van der Waals surface area (Å²) in [6.45, 7) is 0.702. The zero-order valence-electron chi connectivity index (χ0n) is 11.6. The first kappa shape index (κ1) is 17.1. The number of urea groups is 1. The molecule has 0 fully saturated rings. The molecule has 1 aromatic rings. The summed E-state index contributed by atoms with van der Waals surface area (Å²) in [5.41, 5.74) is 4.77. The number of ether oxygens (including phenoxy) is 1. The van der Waals surface area contributed by atoms with Crippen molar-refractivity contribution in [2.24, 2.45) is 5.73 Å². The van der Waals surface area contributed by atoms with Crippen molar-refractivity contribution in [3.63, 3.8) is 0 Å². The number of carbonyl (C=O) groups is 4. The highest BCUT2D eigenvalue weighted by molar-refractivity contribution is 5.97. The predicted molar refractivity (Wildman–Crippen MR) is 72.0 cm³/mol. The Morgan fingerprint density at radius 3 is 2.59 bits per heavy atom. The highest BCUT2D eigenvalue weighted by Gasteiger charge is 2.19. The lowest BCUT2D eigenvalue weighted by atomic mass is 10.2. The molecule has 0 spiro atoms. The van der Waals surface area contributed by atoms with Crippen molar-refractivity contribution < 1.29 is 28.3 Å². The summed E-state index contributed by atoms with van der Waals surface area (Å²) < 4.78 is 17.6. The molecule has 0 heterocycles. The van der Waals surface area contributed by atoms with Crippen LogP contribution in [0.4, 0.5) is 9.18 Å². The molecule has 0 aromatic heterocycles. The molecule has 1 atom stereocenters. The molecule has 22 heavy (non-hydrogen) atoms. The maximum absolute atomic E-state index is 12.9. The molecule has 8 nitrogen and oxygen atoms in total. The highest BCUT2D eigenvalue weighted by Crippen LogP contribution is 2.03. The molecule has 0 saturated carbocycles. The van der Waals surface area contributed by atoms with E-state index in [0.717, 1.165) is 6.07 Å². The van der Waals surface area contributed by atoms with E-state index in [1.54, 1.807) is 5.32 Å². The molecular formula is C13H14FN3O5. The van der Waals surface area contributed by atoms with Gasteiger partial charge in [-0.15, -0.1) is 0 Å². The van der Waals surface area contributed by atoms with Gasteiger partial charge < -0.3 is 15.8 Å². The summed E-state index contributed by atoms with van der Waals surface area (Å²) in [5, 5.41) is 3.95. The molecule has 4 N–H and O–H groups in total. The Bertz CT molecular complexity index is 605. The molecule has 0 aliphatic carbocycles. The van der Waals surface area contributed by atoms with E-state index in [1.165, 1.54) is 25.1 Å². The second kappa shape index (κ2) is 7.72. The van der Waals surface area contributed by atoms with Crippen LogP contribution in [0, 0.1) is 5.82 Å². The quantitative estimate of drug-likeness (QED) is 0.642. The monoisotopic (exact) mass is 311 g/mol. The van der Waals surface area contributed by atoms with Crippen LogP contribution in [0.5, 0.6) is 0 Å². The number of imide groups is 1. The Labute approximate surface area is 124 Å². The first-order valence-electron chi connectivity index (χ1n) is 6.13. The number of nitrogens with one attached hydrogen (secondary N) is 2. The van der Waals surface area contributed by atoms with Crippen LogP contribution in [0.15, 0.2) is 24.3 Å².